The van der Waals surface area contributed by atoms with Crippen LogP contribution in [0.4, 0.5) is 0 Å². The van der Waals surface area contributed by atoms with Crippen molar-refractivity contribution in [1.29, 1.82) is 0 Å². The second-order valence-electron chi connectivity index (χ2n) is 3.56. The first-order chi connectivity index (χ1) is 8.58. The van der Waals surface area contributed by atoms with Crippen LogP contribution in [0.25, 0.3) is 0 Å². The first kappa shape index (κ1) is 13.1. The molecule has 1 aromatic carbocycles. The molecule has 6 heteroatoms. The molecule has 0 bridgehead atoms. The molecular weight excluding hydrogens is 279 g/mol. The van der Waals surface area contributed by atoms with Crippen LogP contribution in [0.15, 0.2) is 28.3 Å². The summed E-state index contributed by atoms with van der Waals surface area (Å²) in [6.07, 6.45) is -0.729. The number of halogens is 2. The monoisotopic (exact) mass is 288 g/mol. The van der Waals surface area contributed by atoms with E-state index in [9.17, 15) is 4.79 Å². The van der Waals surface area contributed by atoms with Crippen LogP contribution in [-0.4, -0.2) is 20.2 Å². The highest BCUT2D eigenvalue weighted by atomic mass is 35.5. The summed E-state index contributed by atoms with van der Waals surface area (Å²) >= 11 is 11.7. The van der Waals surface area contributed by atoms with Crippen molar-refractivity contribution in [3.63, 3.8) is 0 Å². The Kier molecular flexibility index (Phi) is 3.68. The molecule has 0 spiro atoms. The van der Waals surface area contributed by atoms with Crippen molar-refractivity contribution >= 4 is 29.2 Å². The van der Waals surface area contributed by atoms with Gasteiger partial charge in [-0.25, -0.2) is 4.79 Å². The maximum atomic E-state index is 11.3. The van der Waals surface area contributed by atoms with E-state index in [1.165, 1.54) is 7.11 Å². The predicted octanol–water partition coefficient (Wildman–Crippen LogP) is 2.99. The average Bonchev–Trinajstić information content (AvgIpc) is 2.65. The van der Waals surface area contributed by atoms with Crippen molar-refractivity contribution in [2.45, 2.75) is 6.10 Å². The van der Waals surface area contributed by atoms with Crippen LogP contribution in [0, 0.1) is 0 Å². The molecule has 1 atom stereocenters. The zero-order valence-electron chi connectivity index (χ0n) is 9.70. The van der Waals surface area contributed by atoms with Gasteiger partial charge in [0.2, 0.25) is 0 Å². The van der Waals surface area contributed by atoms with Crippen molar-refractivity contribution in [3.05, 3.63) is 33.8 Å². The van der Waals surface area contributed by atoms with E-state index >= 15 is 0 Å². The molecule has 1 aliphatic heterocycles. The minimum atomic E-state index is -0.729. The molecule has 0 aliphatic carbocycles. The fourth-order valence-electron chi connectivity index (χ4n) is 1.66. The van der Waals surface area contributed by atoms with E-state index in [-0.39, 0.29) is 10.1 Å². The first-order valence-corrected chi connectivity index (χ1v) is 5.82. The second-order valence-corrected chi connectivity index (χ2v) is 4.34. The van der Waals surface area contributed by atoms with Gasteiger partial charge >= 0.3 is 5.97 Å². The lowest BCUT2D eigenvalue weighted by molar-refractivity contribution is -0.139. The van der Waals surface area contributed by atoms with Gasteiger partial charge in [-0.1, -0.05) is 23.2 Å². The van der Waals surface area contributed by atoms with Crippen LogP contribution in [0.1, 0.15) is 11.7 Å². The summed E-state index contributed by atoms with van der Waals surface area (Å²) in [4.78, 5) is 11.3. The third kappa shape index (κ3) is 2.13. The molecule has 4 nitrogen and oxygen atoms in total. The smallest absolute Gasteiger partial charge is 0.352 e. The number of carbonyl (C=O) groups excluding carboxylic acids is 1. The van der Waals surface area contributed by atoms with E-state index in [2.05, 4.69) is 0 Å². The molecule has 18 heavy (non-hydrogen) atoms. The molecule has 0 saturated heterocycles. The van der Waals surface area contributed by atoms with E-state index in [0.717, 1.165) is 0 Å². The van der Waals surface area contributed by atoms with Gasteiger partial charge in [0.1, 0.15) is 16.5 Å². The van der Waals surface area contributed by atoms with Gasteiger partial charge in [-0.15, -0.1) is 0 Å². The minimum Gasteiger partial charge on any atom is -0.497 e. The highest BCUT2D eigenvalue weighted by Gasteiger charge is 2.35. The average molecular weight is 289 g/mol. The maximum Gasteiger partial charge on any atom is 0.352 e. The summed E-state index contributed by atoms with van der Waals surface area (Å²) in [5, 5.41) is 0.0599. The largest absolute Gasteiger partial charge is 0.497 e. The van der Waals surface area contributed by atoms with Crippen molar-refractivity contribution in [3.8, 4) is 11.5 Å². The van der Waals surface area contributed by atoms with Crippen LogP contribution in [-0.2, 0) is 9.53 Å². The van der Waals surface area contributed by atoms with E-state index < -0.39 is 12.1 Å². The van der Waals surface area contributed by atoms with Gasteiger partial charge in [0.15, 0.2) is 6.10 Å². The standard InChI is InChI=1S/C12H10Cl2O4/c1-16-6-3-4-7(8(5-6)17-2)11-9(13)10(14)12(15)18-11/h3-5,11H,1-2H3. The number of rotatable bonds is 3. The lowest BCUT2D eigenvalue weighted by Crippen LogP contribution is -2.04. The number of cyclic esters (lactones) is 1. The van der Waals surface area contributed by atoms with E-state index in [0.29, 0.717) is 17.1 Å². The van der Waals surface area contributed by atoms with Gasteiger partial charge in [-0.05, 0) is 12.1 Å². The molecule has 0 fully saturated rings. The third-order valence-corrected chi connectivity index (χ3v) is 3.41. The lowest BCUT2D eigenvalue weighted by Gasteiger charge is -2.15. The van der Waals surface area contributed by atoms with Crippen LogP contribution >= 0.6 is 23.2 Å². The minimum absolute atomic E-state index is 0.0977. The van der Waals surface area contributed by atoms with Crippen molar-refractivity contribution < 1.29 is 19.0 Å². The zero-order chi connectivity index (χ0) is 13.3. The Morgan fingerprint density at radius 1 is 1.22 bits per heavy atom. The number of benzene rings is 1. The van der Waals surface area contributed by atoms with Gasteiger partial charge in [0.05, 0.1) is 19.3 Å². The summed E-state index contributed by atoms with van der Waals surface area (Å²) in [6, 6.07) is 5.12. The summed E-state index contributed by atoms with van der Waals surface area (Å²) in [6.45, 7) is 0. The first-order valence-electron chi connectivity index (χ1n) is 5.06. The Bertz CT molecular complexity index is 525. The molecule has 1 heterocycles. The van der Waals surface area contributed by atoms with E-state index in [4.69, 9.17) is 37.4 Å². The van der Waals surface area contributed by atoms with Crippen molar-refractivity contribution in [2.24, 2.45) is 0 Å². The van der Waals surface area contributed by atoms with Crippen LogP contribution in [0.3, 0.4) is 0 Å². The van der Waals surface area contributed by atoms with Gasteiger partial charge in [0, 0.05) is 11.6 Å². The maximum absolute atomic E-state index is 11.3. The number of ether oxygens (including phenoxy) is 3. The van der Waals surface area contributed by atoms with Gasteiger partial charge in [0.25, 0.3) is 0 Å². The van der Waals surface area contributed by atoms with Crippen molar-refractivity contribution in [1.82, 2.24) is 0 Å². The summed E-state index contributed by atoms with van der Waals surface area (Å²) < 4.78 is 15.4. The molecule has 0 N–H and O–H groups in total. The predicted molar refractivity (Wildman–Crippen MR) is 67.1 cm³/mol. The fraction of sp³-hybridized carbons (Fsp3) is 0.250. The molecular formula is C12H10Cl2O4. The van der Waals surface area contributed by atoms with Crippen LogP contribution < -0.4 is 9.47 Å². The Balaban J connectivity index is 2.44. The van der Waals surface area contributed by atoms with Gasteiger partial charge in [-0.3, -0.25) is 0 Å². The molecule has 1 unspecified atom stereocenters. The molecule has 0 saturated carbocycles. The molecule has 0 amide bonds. The highest BCUT2D eigenvalue weighted by Crippen LogP contribution is 2.43. The molecule has 0 aromatic heterocycles. The quantitative estimate of drug-likeness (QED) is 0.802. The summed E-state index contributed by atoms with van der Waals surface area (Å²) in [7, 11) is 3.06. The van der Waals surface area contributed by atoms with Crippen LogP contribution in [0.5, 0.6) is 11.5 Å². The van der Waals surface area contributed by atoms with Crippen molar-refractivity contribution in [2.75, 3.05) is 14.2 Å². The highest BCUT2D eigenvalue weighted by molar-refractivity contribution is 6.48. The Labute approximate surface area is 114 Å². The van der Waals surface area contributed by atoms with Gasteiger partial charge < -0.3 is 14.2 Å². The zero-order valence-corrected chi connectivity index (χ0v) is 11.2. The Morgan fingerprint density at radius 3 is 2.44 bits per heavy atom. The SMILES string of the molecule is COc1ccc(C2OC(=O)C(Cl)=C2Cl)c(OC)c1. The normalized spacial score (nSPS) is 18.9. The lowest BCUT2D eigenvalue weighted by atomic mass is 10.1. The molecule has 1 aliphatic rings. The molecule has 1 aromatic rings. The van der Waals surface area contributed by atoms with E-state index in [1.54, 1.807) is 25.3 Å². The number of methoxy groups -OCH3 is 2. The molecule has 2 rings (SSSR count). The van der Waals surface area contributed by atoms with Crippen LogP contribution in [0.2, 0.25) is 0 Å². The number of hydrogen-bond donors (Lipinski definition) is 0. The Morgan fingerprint density at radius 2 is 1.94 bits per heavy atom. The number of esters is 1. The number of hydrogen-bond acceptors (Lipinski definition) is 4. The van der Waals surface area contributed by atoms with E-state index in [1.807, 2.05) is 0 Å². The third-order valence-electron chi connectivity index (χ3n) is 2.57. The topological polar surface area (TPSA) is 44.8 Å². The summed E-state index contributed by atoms with van der Waals surface area (Å²) in [5.41, 5.74) is 0.618. The number of carbonyl (C=O) groups is 1. The molecule has 0 radical (unpaired) electrons. The second kappa shape index (κ2) is 5.08. The fourth-order valence-corrected chi connectivity index (χ4v) is 2.04. The Hall–Kier alpha value is -1.39. The molecule has 96 valence electrons. The summed E-state index contributed by atoms with van der Waals surface area (Å²) in [5.74, 6) is 0.507. The van der Waals surface area contributed by atoms with Gasteiger partial charge in [-0.2, -0.15) is 0 Å².